The van der Waals surface area contributed by atoms with Crippen molar-refractivity contribution in [3.63, 3.8) is 0 Å². The van der Waals surface area contributed by atoms with E-state index in [0.29, 0.717) is 12.8 Å². The Morgan fingerprint density at radius 3 is 2.05 bits per heavy atom. The number of ether oxygens (including phenoxy) is 2. The highest BCUT2D eigenvalue weighted by molar-refractivity contribution is 5.96. The minimum absolute atomic E-state index is 0.0946. The first-order valence-electron chi connectivity index (χ1n) is 8.07. The normalized spacial score (nSPS) is 22.5. The van der Waals surface area contributed by atoms with Crippen LogP contribution in [0.2, 0.25) is 0 Å². The summed E-state index contributed by atoms with van der Waals surface area (Å²) in [4.78, 5) is 36.5. The summed E-state index contributed by atoms with van der Waals surface area (Å²) in [6.45, 7) is 10.0. The van der Waals surface area contributed by atoms with Gasteiger partial charge in [0.05, 0.1) is 13.2 Å². The van der Waals surface area contributed by atoms with E-state index in [1.165, 1.54) is 0 Å². The molecule has 126 valence electrons. The molecule has 1 saturated carbocycles. The first-order chi connectivity index (χ1) is 10.2. The Kier molecular flexibility index (Phi) is 6.57. The molecule has 1 aliphatic carbocycles. The van der Waals surface area contributed by atoms with Crippen molar-refractivity contribution in [1.29, 1.82) is 0 Å². The highest BCUT2D eigenvalue weighted by atomic mass is 16.6. The third-order valence-corrected chi connectivity index (χ3v) is 4.34. The maximum Gasteiger partial charge on any atom is 0.320 e. The molecular formula is C17H28O5. The Bertz CT molecular complexity index is 403. The molecule has 5 nitrogen and oxygen atoms in total. The van der Waals surface area contributed by atoms with E-state index >= 15 is 0 Å². The highest BCUT2D eigenvalue weighted by Gasteiger charge is 2.47. The fourth-order valence-electron chi connectivity index (χ4n) is 3.37. The van der Waals surface area contributed by atoms with Crippen molar-refractivity contribution in [3.05, 3.63) is 0 Å². The number of carbonyl (C=O) groups excluding carboxylic acids is 3. The van der Waals surface area contributed by atoms with Gasteiger partial charge in [0.25, 0.3) is 0 Å². The number of hydrogen-bond donors (Lipinski definition) is 0. The van der Waals surface area contributed by atoms with Gasteiger partial charge in [-0.2, -0.15) is 0 Å². The number of hydrogen-bond acceptors (Lipinski definition) is 5. The largest absolute Gasteiger partial charge is 0.465 e. The molecule has 1 fully saturated rings. The zero-order valence-corrected chi connectivity index (χ0v) is 14.3. The molecule has 0 radical (unpaired) electrons. The van der Waals surface area contributed by atoms with Crippen molar-refractivity contribution in [3.8, 4) is 0 Å². The fourth-order valence-corrected chi connectivity index (χ4v) is 3.37. The summed E-state index contributed by atoms with van der Waals surface area (Å²) in [5.74, 6) is -2.30. The quantitative estimate of drug-likeness (QED) is 0.576. The average molecular weight is 312 g/mol. The van der Waals surface area contributed by atoms with Crippen LogP contribution in [0.15, 0.2) is 0 Å². The fraction of sp³-hybridized carbons (Fsp3) is 0.824. The lowest BCUT2D eigenvalue weighted by molar-refractivity contribution is -0.167. The van der Waals surface area contributed by atoms with Gasteiger partial charge in [0.15, 0.2) is 5.92 Å². The molecule has 0 heterocycles. The van der Waals surface area contributed by atoms with Gasteiger partial charge in [0, 0.05) is 12.8 Å². The Morgan fingerprint density at radius 2 is 1.64 bits per heavy atom. The van der Waals surface area contributed by atoms with Crippen LogP contribution < -0.4 is 0 Å². The van der Waals surface area contributed by atoms with Gasteiger partial charge in [-0.05, 0) is 37.5 Å². The smallest absolute Gasteiger partial charge is 0.320 e. The van der Waals surface area contributed by atoms with Gasteiger partial charge < -0.3 is 9.47 Å². The predicted octanol–water partition coefficient (Wildman–Crippen LogP) is 2.76. The van der Waals surface area contributed by atoms with Crippen LogP contribution in [0.1, 0.15) is 53.9 Å². The van der Waals surface area contributed by atoms with Crippen LogP contribution in [-0.2, 0) is 23.9 Å². The Balaban J connectivity index is 3.13. The first kappa shape index (κ1) is 18.7. The molecule has 0 aromatic rings. The van der Waals surface area contributed by atoms with Gasteiger partial charge in [0.2, 0.25) is 0 Å². The summed E-state index contributed by atoms with van der Waals surface area (Å²) in [5.41, 5.74) is -0.0946. The van der Waals surface area contributed by atoms with Gasteiger partial charge in [-0.25, -0.2) is 0 Å². The third kappa shape index (κ3) is 4.55. The summed E-state index contributed by atoms with van der Waals surface area (Å²) in [5, 5.41) is 0. The van der Waals surface area contributed by atoms with Crippen molar-refractivity contribution in [2.75, 3.05) is 13.2 Å². The molecule has 5 heteroatoms. The lowest BCUT2D eigenvalue weighted by Gasteiger charge is -2.41. The van der Waals surface area contributed by atoms with E-state index in [4.69, 9.17) is 9.47 Å². The second-order valence-electron chi connectivity index (χ2n) is 6.90. The van der Waals surface area contributed by atoms with Crippen LogP contribution in [0.25, 0.3) is 0 Å². The molecule has 1 rings (SSSR count). The first-order valence-corrected chi connectivity index (χ1v) is 8.07. The summed E-state index contributed by atoms with van der Waals surface area (Å²) < 4.78 is 10.1. The highest BCUT2D eigenvalue weighted by Crippen LogP contribution is 2.44. The van der Waals surface area contributed by atoms with E-state index in [1.54, 1.807) is 13.8 Å². The molecule has 0 N–H and O–H groups in total. The molecule has 2 atom stereocenters. The SMILES string of the molecule is CCOC(=O)C(C(=O)OCC)C1CC(=O)CCC1C(C)(C)C. The van der Waals surface area contributed by atoms with Crippen LogP contribution in [0.3, 0.4) is 0 Å². The van der Waals surface area contributed by atoms with Gasteiger partial charge >= 0.3 is 11.9 Å². The van der Waals surface area contributed by atoms with Crippen LogP contribution in [0.4, 0.5) is 0 Å². The van der Waals surface area contributed by atoms with E-state index in [0.717, 1.165) is 0 Å². The Hall–Kier alpha value is -1.39. The molecule has 0 saturated heterocycles. The van der Waals surface area contributed by atoms with E-state index in [-0.39, 0.29) is 42.7 Å². The Morgan fingerprint density at radius 1 is 1.14 bits per heavy atom. The zero-order chi connectivity index (χ0) is 16.9. The number of Topliss-reactive ketones (excluding diaryl/α,β-unsaturated/α-hetero) is 1. The molecule has 0 aromatic heterocycles. The lowest BCUT2D eigenvalue weighted by atomic mass is 9.62. The second-order valence-corrected chi connectivity index (χ2v) is 6.90. The zero-order valence-electron chi connectivity index (χ0n) is 14.3. The van der Waals surface area contributed by atoms with Crippen LogP contribution in [0, 0.1) is 23.2 Å². The van der Waals surface area contributed by atoms with Gasteiger partial charge in [-0.15, -0.1) is 0 Å². The van der Waals surface area contributed by atoms with Crippen LogP contribution in [-0.4, -0.2) is 30.9 Å². The average Bonchev–Trinajstić information content (AvgIpc) is 2.38. The van der Waals surface area contributed by atoms with Crippen molar-refractivity contribution in [2.24, 2.45) is 23.2 Å². The van der Waals surface area contributed by atoms with Gasteiger partial charge in [-0.3, -0.25) is 14.4 Å². The summed E-state index contributed by atoms with van der Waals surface area (Å²) in [7, 11) is 0. The molecule has 0 aromatic carbocycles. The monoisotopic (exact) mass is 312 g/mol. The molecule has 1 aliphatic rings. The third-order valence-electron chi connectivity index (χ3n) is 4.34. The maximum atomic E-state index is 12.3. The van der Waals surface area contributed by atoms with Crippen molar-refractivity contribution >= 4 is 17.7 Å². The molecule has 2 unspecified atom stereocenters. The Labute approximate surface area is 132 Å². The van der Waals surface area contributed by atoms with Crippen molar-refractivity contribution in [1.82, 2.24) is 0 Å². The van der Waals surface area contributed by atoms with Crippen LogP contribution in [0.5, 0.6) is 0 Å². The molecule has 0 spiro atoms. The predicted molar refractivity (Wildman–Crippen MR) is 82.0 cm³/mol. The molecule has 0 bridgehead atoms. The van der Waals surface area contributed by atoms with Gasteiger partial charge in [-0.1, -0.05) is 20.8 Å². The number of esters is 2. The van der Waals surface area contributed by atoms with E-state index in [9.17, 15) is 14.4 Å². The molecule has 0 aliphatic heterocycles. The summed E-state index contributed by atoms with van der Waals surface area (Å²) in [6, 6.07) is 0. The molecule has 22 heavy (non-hydrogen) atoms. The van der Waals surface area contributed by atoms with E-state index in [1.807, 2.05) is 0 Å². The minimum atomic E-state index is -1.01. The van der Waals surface area contributed by atoms with Crippen LogP contribution >= 0.6 is 0 Å². The molecular weight excluding hydrogens is 284 g/mol. The lowest BCUT2D eigenvalue weighted by Crippen LogP contribution is -2.44. The number of rotatable bonds is 5. The second kappa shape index (κ2) is 7.75. The topological polar surface area (TPSA) is 69.7 Å². The van der Waals surface area contributed by atoms with Crippen molar-refractivity contribution < 1.29 is 23.9 Å². The van der Waals surface area contributed by atoms with Crippen molar-refractivity contribution in [2.45, 2.75) is 53.9 Å². The maximum absolute atomic E-state index is 12.3. The number of ketones is 1. The molecule has 0 amide bonds. The van der Waals surface area contributed by atoms with E-state index < -0.39 is 17.9 Å². The summed E-state index contributed by atoms with van der Waals surface area (Å²) >= 11 is 0. The standard InChI is InChI=1S/C17H28O5/c1-6-21-15(19)14(16(20)22-7-2)12-10-11(18)8-9-13(12)17(3,4)5/h12-14H,6-10H2,1-5H3. The van der Waals surface area contributed by atoms with Gasteiger partial charge in [0.1, 0.15) is 5.78 Å². The summed E-state index contributed by atoms with van der Waals surface area (Å²) in [6.07, 6.45) is 1.45. The number of carbonyl (C=O) groups is 3. The van der Waals surface area contributed by atoms with E-state index in [2.05, 4.69) is 20.8 Å². The minimum Gasteiger partial charge on any atom is -0.465 e.